The first-order valence-electron chi connectivity index (χ1n) is 9.57. The predicted molar refractivity (Wildman–Crippen MR) is 112 cm³/mol. The van der Waals surface area contributed by atoms with Crippen LogP contribution in [0.25, 0.3) is 11.1 Å². The normalized spacial score (nSPS) is 13.5. The van der Waals surface area contributed by atoms with E-state index in [4.69, 9.17) is 21.1 Å². The van der Waals surface area contributed by atoms with Crippen LogP contribution in [0.4, 0.5) is 9.18 Å². The number of hydrogen-bond donors (Lipinski definition) is 1. The van der Waals surface area contributed by atoms with Crippen LogP contribution < -0.4 is 10.4 Å². The first-order valence-corrected chi connectivity index (χ1v) is 9.95. The van der Waals surface area contributed by atoms with Crippen molar-refractivity contribution >= 4 is 17.7 Å². The number of amides is 1. The van der Waals surface area contributed by atoms with E-state index >= 15 is 0 Å². The van der Waals surface area contributed by atoms with Gasteiger partial charge < -0.3 is 14.4 Å². The molecule has 0 unspecified atom stereocenters. The van der Waals surface area contributed by atoms with Crippen molar-refractivity contribution in [2.24, 2.45) is 7.05 Å². The molecule has 8 nitrogen and oxygen atoms in total. The number of rotatable bonds is 6. The standard InChI is InChI=1S/C21H20ClFN4O4/c1-12-7-18(31-11-19-24-25-20(28)26(19)2)15(9-16(12)22)14-8-13(3-4-17(14)23)10-27-5-6-30-21(27)29/h3-4,7-9H,5-6,10-11H2,1-2H3,(H,25,28). The Hall–Kier alpha value is -3.33. The number of benzene rings is 2. The number of carbonyl (C=O) groups excluding carboxylic acids is 1. The van der Waals surface area contributed by atoms with Gasteiger partial charge in [-0.05, 0) is 42.3 Å². The molecule has 1 fully saturated rings. The molecule has 31 heavy (non-hydrogen) atoms. The van der Waals surface area contributed by atoms with Gasteiger partial charge in [-0.2, -0.15) is 5.10 Å². The fraction of sp³-hybridized carbons (Fsp3) is 0.286. The van der Waals surface area contributed by atoms with Crippen LogP contribution in [0.15, 0.2) is 35.1 Å². The Labute approximate surface area is 182 Å². The third-order valence-electron chi connectivity index (χ3n) is 5.13. The molecule has 162 valence electrons. The van der Waals surface area contributed by atoms with Gasteiger partial charge in [0.25, 0.3) is 0 Å². The Morgan fingerprint density at radius 1 is 1.26 bits per heavy atom. The summed E-state index contributed by atoms with van der Waals surface area (Å²) in [7, 11) is 1.57. The molecule has 0 saturated carbocycles. The van der Waals surface area contributed by atoms with Crippen LogP contribution in [0, 0.1) is 12.7 Å². The molecule has 2 heterocycles. The number of carbonyl (C=O) groups is 1. The van der Waals surface area contributed by atoms with E-state index in [1.54, 1.807) is 36.2 Å². The average molecular weight is 447 g/mol. The number of nitrogens with zero attached hydrogens (tertiary/aromatic N) is 3. The summed E-state index contributed by atoms with van der Waals surface area (Å²) in [5.74, 6) is 0.337. The molecule has 1 amide bonds. The first-order chi connectivity index (χ1) is 14.8. The molecule has 3 aromatic rings. The lowest BCUT2D eigenvalue weighted by Gasteiger charge is -2.17. The third kappa shape index (κ3) is 4.27. The number of nitrogens with one attached hydrogen (secondary N) is 1. The molecule has 1 aliphatic heterocycles. The number of H-pyrrole nitrogens is 1. The Morgan fingerprint density at radius 2 is 2.06 bits per heavy atom. The molecule has 1 N–H and O–H groups in total. The second-order valence-electron chi connectivity index (χ2n) is 7.24. The molecule has 1 saturated heterocycles. The first kappa shape index (κ1) is 20.9. The fourth-order valence-corrected chi connectivity index (χ4v) is 3.47. The van der Waals surface area contributed by atoms with Crippen LogP contribution in [-0.2, 0) is 24.9 Å². The maximum Gasteiger partial charge on any atom is 0.410 e. The molecule has 0 atom stereocenters. The highest BCUT2D eigenvalue weighted by Gasteiger charge is 2.23. The molecule has 1 aromatic heterocycles. The van der Waals surface area contributed by atoms with E-state index in [1.807, 2.05) is 6.92 Å². The largest absolute Gasteiger partial charge is 0.485 e. The molecule has 2 aromatic carbocycles. The van der Waals surface area contributed by atoms with E-state index in [1.165, 1.54) is 10.6 Å². The molecule has 0 radical (unpaired) electrons. The average Bonchev–Trinajstić information content (AvgIpc) is 3.29. The Kier molecular flexibility index (Phi) is 5.69. The summed E-state index contributed by atoms with van der Waals surface area (Å²) in [6.45, 7) is 2.95. The van der Waals surface area contributed by atoms with Crippen molar-refractivity contribution in [1.29, 1.82) is 0 Å². The van der Waals surface area contributed by atoms with Crippen LogP contribution >= 0.6 is 11.6 Å². The smallest absolute Gasteiger partial charge is 0.410 e. The van der Waals surface area contributed by atoms with Crippen LogP contribution in [-0.4, -0.2) is 38.9 Å². The number of hydrogen-bond acceptors (Lipinski definition) is 5. The van der Waals surface area contributed by atoms with E-state index in [0.29, 0.717) is 41.9 Å². The van der Waals surface area contributed by atoms with Crippen molar-refractivity contribution < 1.29 is 18.7 Å². The van der Waals surface area contributed by atoms with Gasteiger partial charge in [-0.3, -0.25) is 4.57 Å². The van der Waals surface area contributed by atoms with Gasteiger partial charge in [0.2, 0.25) is 0 Å². The molecule has 0 bridgehead atoms. The summed E-state index contributed by atoms with van der Waals surface area (Å²) in [6, 6.07) is 7.99. The summed E-state index contributed by atoms with van der Waals surface area (Å²) in [4.78, 5) is 24.9. The van der Waals surface area contributed by atoms with E-state index in [2.05, 4.69) is 10.2 Å². The zero-order valence-electron chi connectivity index (χ0n) is 16.9. The number of aromatic amines is 1. The maximum atomic E-state index is 14.8. The summed E-state index contributed by atoms with van der Waals surface area (Å²) in [6.07, 6.45) is -0.391. The molecule has 4 rings (SSSR count). The summed E-state index contributed by atoms with van der Waals surface area (Å²) in [5, 5.41) is 6.73. The van der Waals surface area contributed by atoms with E-state index in [-0.39, 0.29) is 17.9 Å². The van der Waals surface area contributed by atoms with Gasteiger partial charge in [-0.25, -0.2) is 19.1 Å². The lowest BCUT2D eigenvalue weighted by atomic mass is 9.99. The van der Waals surface area contributed by atoms with Crippen molar-refractivity contribution in [2.75, 3.05) is 13.2 Å². The van der Waals surface area contributed by atoms with Crippen molar-refractivity contribution in [3.05, 3.63) is 68.6 Å². The minimum atomic E-state index is -0.454. The van der Waals surface area contributed by atoms with Gasteiger partial charge in [0.15, 0.2) is 5.82 Å². The Morgan fingerprint density at radius 3 is 2.74 bits per heavy atom. The van der Waals surface area contributed by atoms with Gasteiger partial charge in [0.05, 0.1) is 6.54 Å². The number of aromatic nitrogens is 3. The summed E-state index contributed by atoms with van der Waals surface area (Å²) >= 11 is 6.32. The maximum absolute atomic E-state index is 14.8. The monoisotopic (exact) mass is 446 g/mol. The van der Waals surface area contributed by atoms with Crippen molar-refractivity contribution in [3.63, 3.8) is 0 Å². The van der Waals surface area contributed by atoms with Crippen LogP contribution in [0.3, 0.4) is 0 Å². The van der Waals surface area contributed by atoms with Crippen molar-refractivity contribution in [1.82, 2.24) is 19.7 Å². The highest BCUT2D eigenvalue weighted by Crippen LogP contribution is 2.37. The topological polar surface area (TPSA) is 89.4 Å². The van der Waals surface area contributed by atoms with E-state index in [0.717, 1.165) is 11.1 Å². The Bertz CT molecular complexity index is 1210. The van der Waals surface area contributed by atoms with Crippen molar-refractivity contribution in [2.45, 2.75) is 20.1 Å². The zero-order valence-corrected chi connectivity index (χ0v) is 17.7. The van der Waals surface area contributed by atoms with E-state index < -0.39 is 11.9 Å². The number of cyclic esters (lactones) is 1. The highest BCUT2D eigenvalue weighted by atomic mass is 35.5. The fourth-order valence-electron chi connectivity index (χ4n) is 3.30. The number of halogens is 2. The molecule has 0 aliphatic carbocycles. The van der Waals surface area contributed by atoms with E-state index in [9.17, 15) is 14.0 Å². The molecule has 1 aliphatic rings. The molecular formula is C21H20ClFN4O4. The minimum Gasteiger partial charge on any atom is -0.485 e. The third-order valence-corrected chi connectivity index (χ3v) is 5.54. The van der Waals surface area contributed by atoms with Gasteiger partial charge >= 0.3 is 11.8 Å². The van der Waals surface area contributed by atoms with Gasteiger partial charge in [-0.1, -0.05) is 17.7 Å². The number of aryl methyl sites for hydroxylation is 1. The summed E-state index contributed by atoms with van der Waals surface area (Å²) < 4.78 is 27.0. The highest BCUT2D eigenvalue weighted by molar-refractivity contribution is 6.31. The SMILES string of the molecule is Cc1cc(OCc2n[nH]c(=O)n2C)c(-c2cc(CN3CCOC3=O)ccc2F)cc1Cl. The molecule has 0 spiro atoms. The zero-order chi connectivity index (χ0) is 22.1. The van der Waals surface area contributed by atoms with Gasteiger partial charge in [-0.15, -0.1) is 0 Å². The lowest BCUT2D eigenvalue weighted by molar-refractivity contribution is 0.157. The minimum absolute atomic E-state index is 0.00421. The second kappa shape index (κ2) is 8.43. The summed E-state index contributed by atoms with van der Waals surface area (Å²) in [5.41, 5.74) is 1.89. The Balaban J connectivity index is 1.68. The van der Waals surface area contributed by atoms with Crippen LogP contribution in [0.1, 0.15) is 17.0 Å². The van der Waals surface area contributed by atoms with Crippen LogP contribution in [0.2, 0.25) is 5.02 Å². The van der Waals surface area contributed by atoms with Crippen molar-refractivity contribution in [3.8, 4) is 16.9 Å². The van der Waals surface area contributed by atoms with Gasteiger partial charge in [0, 0.05) is 29.7 Å². The molecule has 10 heteroatoms. The molecular weight excluding hydrogens is 427 g/mol. The van der Waals surface area contributed by atoms with Gasteiger partial charge in [0.1, 0.15) is 24.8 Å². The lowest BCUT2D eigenvalue weighted by Crippen LogP contribution is -2.23. The predicted octanol–water partition coefficient (Wildman–Crippen LogP) is 3.41. The quantitative estimate of drug-likeness (QED) is 0.626. The second-order valence-corrected chi connectivity index (χ2v) is 7.65. The number of ether oxygens (including phenoxy) is 2. The van der Waals surface area contributed by atoms with Crippen LogP contribution in [0.5, 0.6) is 5.75 Å².